The van der Waals surface area contributed by atoms with E-state index in [2.05, 4.69) is 16.8 Å². The number of allylic oxidation sites excluding steroid dienone is 2. The summed E-state index contributed by atoms with van der Waals surface area (Å²) in [6.45, 7) is 7.97. The smallest absolute Gasteiger partial charge is 0.144 e. The highest BCUT2D eigenvalue weighted by Crippen LogP contribution is 2.26. The lowest BCUT2D eigenvalue weighted by molar-refractivity contribution is 0.237. The van der Waals surface area contributed by atoms with Crippen molar-refractivity contribution in [2.75, 3.05) is 31.2 Å². The molecule has 0 heterocycles. The molecule has 1 aliphatic carbocycles. The monoisotopic (exact) mass is 342 g/mol. The fourth-order valence-corrected chi connectivity index (χ4v) is 2.64. The molecule has 2 rings (SSSR count). The SMILES string of the molecule is CCOC1=CC(=Nc2ccc(N(CC)CCO)cc2C)C(=N)C=C1N. The van der Waals surface area contributed by atoms with E-state index >= 15 is 0 Å². The first-order chi connectivity index (χ1) is 12.0. The number of benzene rings is 1. The van der Waals surface area contributed by atoms with Crippen LogP contribution >= 0.6 is 0 Å². The number of nitrogens with two attached hydrogens (primary N) is 1. The van der Waals surface area contributed by atoms with Gasteiger partial charge in [0.25, 0.3) is 0 Å². The molecule has 0 radical (unpaired) electrons. The van der Waals surface area contributed by atoms with Gasteiger partial charge in [0, 0.05) is 24.9 Å². The van der Waals surface area contributed by atoms with Gasteiger partial charge in [-0.1, -0.05) is 0 Å². The minimum absolute atomic E-state index is 0.118. The minimum atomic E-state index is 0.118. The Balaban J connectivity index is 2.33. The molecule has 0 atom stereocenters. The number of aliphatic hydroxyl groups is 1. The Hall–Kier alpha value is -2.60. The van der Waals surface area contributed by atoms with Gasteiger partial charge in [0.05, 0.1) is 36.0 Å². The number of aliphatic imine (C=N–C) groups is 1. The normalized spacial score (nSPS) is 15.8. The Morgan fingerprint density at radius 2 is 2.04 bits per heavy atom. The Kier molecular flexibility index (Phi) is 6.36. The molecule has 6 nitrogen and oxygen atoms in total. The highest BCUT2D eigenvalue weighted by atomic mass is 16.5. The predicted molar refractivity (Wildman–Crippen MR) is 103 cm³/mol. The molecule has 25 heavy (non-hydrogen) atoms. The molecule has 4 N–H and O–H groups in total. The lowest BCUT2D eigenvalue weighted by Gasteiger charge is -2.22. The van der Waals surface area contributed by atoms with Crippen molar-refractivity contribution < 1.29 is 9.84 Å². The Bertz CT molecular complexity index is 735. The zero-order chi connectivity index (χ0) is 18.4. The van der Waals surface area contributed by atoms with Gasteiger partial charge in [-0.3, -0.25) is 5.41 Å². The van der Waals surface area contributed by atoms with E-state index in [9.17, 15) is 0 Å². The fourth-order valence-electron chi connectivity index (χ4n) is 2.64. The van der Waals surface area contributed by atoms with Crippen LogP contribution in [-0.4, -0.2) is 42.8 Å². The van der Waals surface area contributed by atoms with Crippen LogP contribution in [0.25, 0.3) is 0 Å². The van der Waals surface area contributed by atoms with E-state index in [1.54, 1.807) is 12.2 Å². The number of hydrogen-bond acceptors (Lipinski definition) is 6. The lowest BCUT2D eigenvalue weighted by atomic mass is 10.1. The van der Waals surface area contributed by atoms with Crippen molar-refractivity contribution in [1.29, 1.82) is 5.41 Å². The van der Waals surface area contributed by atoms with Crippen LogP contribution in [0.1, 0.15) is 19.4 Å². The standard InChI is InChI=1S/C19H26N4O2/c1-4-23(8-9-24)14-6-7-17(13(3)10-14)22-18-12-19(25-5-2)16(21)11-15(18)20/h6-7,10-12,20,24H,4-5,8-9,21H2,1-3H3. The van der Waals surface area contributed by atoms with Gasteiger partial charge in [0.1, 0.15) is 5.76 Å². The number of nitrogens with zero attached hydrogens (tertiary/aromatic N) is 2. The topological polar surface area (TPSA) is 94.9 Å². The van der Waals surface area contributed by atoms with E-state index < -0.39 is 0 Å². The summed E-state index contributed by atoms with van der Waals surface area (Å²) in [5.41, 5.74) is 9.96. The van der Waals surface area contributed by atoms with Crippen molar-refractivity contribution in [1.82, 2.24) is 0 Å². The maximum Gasteiger partial charge on any atom is 0.144 e. The van der Waals surface area contributed by atoms with Crippen molar-refractivity contribution in [2.24, 2.45) is 10.7 Å². The average molecular weight is 342 g/mol. The van der Waals surface area contributed by atoms with Crippen LogP contribution in [0.4, 0.5) is 11.4 Å². The van der Waals surface area contributed by atoms with Gasteiger partial charge >= 0.3 is 0 Å². The largest absolute Gasteiger partial charge is 0.492 e. The van der Waals surface area contributed by atoms with Gasteiger partial charge in [-0.25, -0.2) is 4.99 Å². The van der Waals surface area contributed by atoms with Crippen molar-refractivity contribution in [3.05, 3.63) is 47.4 Å². The second-order valence-corrected chi connectivity index (χ2v) is 5.73. The number of aryl methyl sites for hydroxylation is 1. The predicted octanol–water partition coefficient (Wildman–Crippen LogP) is 2.68. The highest BCUT2D eigenvalue weighted by molar-refractivity contribution is 6.50. The van der Waals surface area contributed by atoms with E-state index in [4.69, 9.17) is 21.0 Å². The quantitative estimate of drug-likeness (QED) is 0.664. The molecule has 0 aromatic heterocycles. The van der Waals surface area contributed by atoms with Gasteiger partial charge in [0.15, 0.2) is 0 Å². The number of anilines is 1. The van der Waals surface area contributed by atoms with Crippen molar-refractivity contribution in [3.8, 4) is 0 Å². The number of aliphatic hydroxyl groups excluding tert-OH is 1. The molecule has 134 valence electrons. The number of ether oxygens (including phenoxy) is 1. The van der Waals surface area contributed by atoms with Gasteiger partial charge in [-0.2, -0.15) is 0 Å². The summed E-state index contributed by atoms with van der Waals surface area (Å²) < 4.78 is 5.49. The summed E-state index contributed by atoms with van der Waals surface area (Å²) >= 11 is 0. The Labute approximate surface area is 148 Å². The molecule has 0 fully saturated rings. The minimum Gasteiger partial charge on any atom is -0.492 e. The summed E-state index contributed by atoms with van der Waals surface area (Å²) in [7, 11) is 0. The first-order valence-corrected chi connectivity index (χ1v) is 8.46. The summed E-state index contributed by atoms with van der Waals surface area (Å²) in [4.78, 5) is 6.71. The molecule has 0 amide bonds. The van der Waals surface area contributed by atoms with Crippen LogP contribution in [0.3, 0.4) is 0 Å². The zero-order valence-electron chi connectivity index (χ0n) is 15.0. The van der Waals surface area contributed by atoms with E-state index in [-0.39, 0.29) is 12.3 Å². The molecule has 6 heteroatoms. The maximum absolute atomic E-state index is 9.17. The van der Waals surface area contributed by atoms with Gasteiger partial charge in [0.2, 0.25) is 0 Å². The number of likely N-dealkylation sites (N-methyl/N-ethyl adjacent to an activating group) is 1. The van der Waals surface area contributed by atoms with Crippen molar-refractivity contribution >= 4 is 22.8 Å². The molecule has 0 saturated carbocycles. The molecule has 0 unspecified atom stereocenters. The van der Waals surface area contributed by atoms with E-state index in [1.165, 1.54) is 0 Å². The zero-order valence-corrected chi connectivity index (χ0v) is 15.0. The molecular formula is C19H26N4O2. The summed E-state index contributed by atoms with van der Waals surface area (Å²) in [6, 6.07) is 5.96. The summed E-state index contributed by atoms with van der Waals surface area (Å²) in [5.74, 6) is 0.548. The van der Waals surface area contributed by atoms with Crippen LogP contribution in [0.2, 0.25) is 0 Å². The summed E-state index contributed by atoms with van der Waals surface area (Å²) in [6.07, 6.45) is 3.27. The number of nitrogens with one attached hydrogen (secondary N) is 1. The lowest BCUT2D eigenvalue weighted by Crippen LogP contribution is -2.26. The third-order valence-electron chi connectivity index (χ3n) is 3.97. The van der Waals surface area contributed by atoms with Crippen LogP contribution in [0, 0.1) is 12.3 Å². The van der Waals surface area contributed by atoms with Crippen LogP contribution in [0.15, 0.2) is 46.8 Å². The van der Waals surface area contributed by atoms with Crippen LogP contribution < -0.4 is 10.6 Å². The van der Waals surface area contributed by atoms with Crippen LogP contribution in [0.5, 0.6) is 0 Å². The average Bonchev–Trinajstić information content (AvgIpc) is 2.58. The third kappa shape index (κ3) is 4.48. The molecule has 0 bridgehead atoms. The molecule has 1 aliphatic rings. The summed E-state index contributed by atoms with van der Waals surface area (Å²) in [5, 5.41) is 17.3. The van der Waals surface area contributed by atoms with E-state index in [1.807, 2.05) is 32.0 Å². The maximum atomic E-state index is 9.17. The van der Waals surface area contributed by atoms with Gasteiger partial charge in [-0.15, -0.1) is 0 Å². The van der Waals surface area contributed by atoms with E-state index in [0.717, 1.165) is 23.5 Å². The molecule has 0 spiro atoms. The molecule has 1 aromatic carbocycles. The first kappa shape index (κ1) is 18.7. The van der Waals surface area contributed by atoms with Crippen LogP contribution in [-0.2, 0) is 4.74 Å². The second-order valence-electron chi connectivity index (χ2n) is 5.73. The van der Waals surface area contributed by atoms with Gasteiger partial charge < -0.3 is 20.5 Å². The Morgan fingerprint density at radius 1 is 1.28 bits per heavy atom. The molecule has 0 saturated heterocycles. The first-order valence-electron chi connectivity index (χ1n) is 8.46. The molecule has 1 aromatic rings. The number of hydrogen-bond donors (Lipinski definition) is 3. The fraction of sp³-hybridized carbons (Fsp3) is 0.368. The van der Waals surface area contributed by atoms with E-state index in [0.29, 0.717) is 30.3 Å². The van der Waals surface area contributed by atoms with Gasteiger partial charge in [-0.05, 0) is 50.6 Å². The number of rotatable bonds is 7. The highest BCUT2D eigenvalue weighted by Gasteiger charge is 2.16. The molecular weight excluding hydrogens is 316 g/mol. The second kappa shape index (κ2) is 8.48. The molecule has 0 aliphatic heterocycles. The third-order valence-corrected chi connectivity index (χ3v) is 3.97. The Morgan fingerprint density at radius 3 is 2.64 bits per heavy atom. The van der Waals surface area contributed by atoms with Crippen molar-refractivity contribution in [2.45, 2.75) is 20.8 Å². The van der Waals surface area contributed by atoms with Crippen molar-refractivity contribution in [3.63, 3.8) is 0 Å².